The maximum atomic E-state index is 11.4. The van der Waals surface area contributed by atoms with E-state index >= 15 is 0 Å². The van der Waals surface area contributed by atoms with Gasteiger partial charge in [0.15, 0.2) is 18.0 Å². The highest BCUT2D eigenvalue weighted by Gasteiger charge is 2.13. The van der Waals surface area contributed by atoms with Crippen molar-refractivity contribution in [2.24, 2.45) is 0 Å². The van der Waals surface area contributed by atoms with E-state index in [1.54, 1.807) is 16.8 Å². The largest absolute Gasteiger partial charge is 0.619 e. The van der Waals surface area contributed by atoms with Crippen molar-refractivity contribution in [1.82, 2.24) is 14.6 Å². The van der Waals surface area contributed by atoms with Gasteiger partial charge in [-0.1, -0.05) is 13.3 Å². The van der Waals surface area contributed by atoms with Crippen LogP contribution in [0.15, 0.2) is 41.3 Å². The van der Waals surface area contributed by atoms with E-state index < -0.39 is 0 Å². The molecule has 26 heavy (non-hydrogen) atoms. The molecule has 9 heteroatoms. The maximum absolute atomic E-state index is 11.4. The molecule has 0 aliphatic heterocycles. The average Bonchev–Trinajstić information content (AvgIpc) is 3.00. The van der Waals surface area contributed by atoms with E-state index in [0.29, 0.717) is 18.0 Å². The summed E-state index contributed by atoms with van der Waals surface area (Å²) in [5, 5.41) is 31.8. The predicted molar refractivity (Wildman–Crippen MR) is 103 cm³/mol. The van der Waals surface area contributed by atoms with E-state index in [0.717, 1.165) is 33.4 Å². The second-order valence-corrected chi connectivity index (χ2v) is 6.85. The van der Waals surface area contributed by atoms with Gasteiger partial charge in [-0.3, -0.25) is 0 Å². The molecule has 0 saturated heterocycles. The number of aliphatic hydroxyl groups is 1. The minimum absolute atomic E-state index is 0.0391. The van der Waals surface area contributed by atoms with E-state index in [-0.39, 0.29) is 12.6 Å². The number of nitrogens with one attached hydrogen (secondary N) is 2. The molecule has 138 valence electrons. The molecule has 3 aromatic rings. The Morgan fingerprint density at radius 1 is 1.46 bits per heavy atom. The second-order valence-electron chi connectivity index (χ2n) is 5.99. The van der Waals surface area contributed by atoms with Crippen molar-refractivity contribution in [3.05, 3.63) is 52.0 Å². The molecule has 0 radical (unpaired) electrons. The van der Waals surface area contributed by atoms with Crippen LogP contribution < -0.4 is 15.4 Å². The summed E-state index contributed by atoms with van der Waals surface area (Å²) in [5.74, 6) is 1.39. The van der Waals surface area contributed by atoms with Gasteiger partial charge in [0, 0.05) is 24.2 Å². The standard InChI is InChI=1S/C17H21BrN6O2/c1-2-4-13(11-25)21-15-7-16(24-17(22-15)14(18)9-20-24)19-8-12-5-3-6-23(26)10-12/h3,5-7,9-10,13,19,25H,2,4,8,11H2,1H3,(H,21,22)/t13-/m1/s1. The van der Waals surface area contributed by atoms with Crippen LogP contribution in [0.4, 0.5) is 11.6 Å². The number of anilines is 2. The van der Waals surface area contributed by atoms with Crippen molar-refractivity contribution in [3.8, 4) is 0 Å². The topological polar surface area (TPSA) is 101 Å². The quantitative estimate of drug-likeness (QED) is 0.381. The number of aliphatic hydroxyl groups excluding tert-OH is 1. The monoisotopic (exact) mass is 420 g/mol. The second kappa shape index (κ2) is 8.33. The Kier molecular flexibility index (Phi) is 5.89. The third-order valence-corrected chi connectivity index (χ3v) is 4.51. The first kappa shape index (κ1) is 18.4. The molecule has 0 amide bonds. The van der Waals surface area contributed by atoms with E-state index in [9.17, 15) is 10.3 Å². The smallest absolute Gasteiger partial charge is 0.185 e. The minimum atomic E-state index is -0.0574. The molecular formula is C17H21BrN6O2. The van der Waals surface area contributed by atoms with Gasteiger partial charge >= 0.3 is 0 Å². The highest BCUT2D eigenvalue weighted by Crippen LogP contribution is 2.23. The Morgan fingerprint density at radius 2 is 2.31 bits per heavy atom. The van der Waals surface area contributed by atoms with Crippen molar-refractivity contribution >= 4 is 33.2 Å². The first-order valence-corrected chi connectivity index (χ1v) is 9.23. The van der Waals surface area contributed by atoms with Gasteiger partial charge in [0.25, 0.3) is 0 Å². The fourth-order valence-electron chi connectivity index (χ4n) is 2.70. The molecule has 0 aliphatic carbocycles. The molecule has 0 bridgehead atoms. The summed E-state index contributed by atoms with van der Waals surface area (Å²) in [6, 6.07) is 5.37. The summed E-state index contributed by atoms with van der Waals surface area (Å²) in [7, 11) is 0. The molecular weight excluding hydrogens is 400 g/mol. The maximum Gasteiger partial charge on any atom is 0.185 e. The van der Waals surface area contributed by atoms with Crippen molar-refractivity contribution in [1.29, 1.82) is 0 Å². The van der Waals surface area contributed by atoms with Crippen LogP contribution in [0.1, 0.15) is 25.3 Å². The predicted octanol–water partition coefficient (Wildman–Crippen LogP) is 2.31. The van der Waals surface area contributed by atoms with Gasteiger partial charge in [-0.25, -0.2) is 4.98 Å². The lowest BCUT2D eigenvalue weighted by atomic mass is 10.2. The van der Waals surface area contributed by atoms with Gasteiger partial charge in [-0.2, -0.15) is 14.3 Å². The highest BCUT2D eigenvalue weighted by molar-refractivity contribution is 9.10. The molecule has 0 saturated carbocycles. The zero-order chi connectivity index (χ0) is 18.5. The van der Waals surface area contributed by atoms with Crippen molar-refractivity contribution in [3.63, 3.8) is 0 Å². The van der Waals surface area contributed by atoms with E-state index in [2.05, 4.69) is 43.6 Å². The van der Waals surface area contributed by atoms with Gasteiger partial charge in [0.1, 0.15) is 11.6 Å². The Hall–Kier alpha value is -2.39. The SMILES string of the molecule is CCC[C@H](CO)Nc1cc(NCc2ccc[n+]([O-])c2)n2ncc(Br)c2n1. The van der Waals surface area contributed by atoms with Crippen LogP contribution in [-0.4, -0.2) is 32.4 Å². The lowest BCUT2D eigenvalue weighted by Gasteiger charge is -2.17. The third-order valence-electron chi connectivity index (χ3n) is 3.95. The molecule has 3 heterocycles. The van der Waals surface area contributed by atoms with Gasteiger partial charge in [-0.05, 0) is 28.4 Å². The highest BCUT2D eigenvalue weighted by atomic mass is 79.9. The van der Waals surface area contributed by atoms with Crippen LogP contribution in [0.2, 0.25) is 0 Å². The summed E-state index contributed by atoms with van der Waals surface area (Å²) in [6.45, 7) is 2.58. The van der Waals surface area contributed by atoms with E-state index in [1.807, 2.05) is 12.1 Å². The van der Waals surface area contributed by atoms with Crippen LogP contribution >= 0.6 is 15.9 Å². The molecule has 0 fully saturated rings. The molecule has 0 aliphatic rings. The average molecular weight is 421 g/mol. The number of pyridine rings is 1. The Bertz CT molecular complexity index is 885. The fraction of sp³-hybridized carbons (Fsp3) is 0.353. The van der Waals surface area contributed by atoms with Crippen molar-refractivity contribution in [2.45, 2.75) is 32.4 Å². The van der Waals surface area contributed by atoms with Gasteiger partial charge in [0.2, 0.25) is 0 Å². The molecule has 1 atom stereocenters. The van der Waals surface area contributed by atoms with Crippen LogP contribution in [0, 0.1) is 5.21 Å². The molecule has 3 rings (SSSR count). The Balaban J connectivity index is 1.87. The van der Waals surface area contributed by atoms with Gasteiger partial charge < -0.3 is 20.9 Å². The lowest BCUT2D eigenvalue weighted by molar-refractivity contribution is -0.605. The zero-order valence-electron chi connectivity index (χ0n) is 14.4. The number of aromatic nitrogens is 4. The third kappa shape index (κ3) is 4.23. The van der Waals surface area contributed by atoms with Gasteiger partial charge in [0.05, 0.1) is 23.3 Å². The normalized spacial score (nSPS) is 12.3. The molecule has 3 aromatic heterocycles. The summed E-state index contributed by atoms with van der Waals surface area (Å²) in [5.41, 5.74) is 1.52. The van der Waals surface area contributed by atoms with Crippen LogP contribution in [-0.2, 0) is 6.54 Å². The molecule has 0 aromatic carbocycles. The van der Waals surface area contributed by atoms with Crippen molar-refractivity contribution in [2.75, 3.05) is 17.2 Å². The van der Waals surface area contributed by atoms with Crippen LogP contribution in [0.3, 0.4) is 0 Å². The number of hydrogen-bond acceptors (Lipinski definition) is 6. The molecule has 8 nitrogen and oxygen atoms in total. The fourth-order valence-corrected chi connectivity index (χ4v) is 3.05. The number of halogens is 1. The number of hydrogen-bond donors (Lipinski definition) is 3. The molecule has 0 unspecified atom stereocenters. The molecule has 3 N–H and O–H groups in total. The Labute approximate surface area is 159 Å². The van der Waals surface area contributed by atoms with Gasteiger partial charge in [-0.15, -0.1) is 0 Å². The van der Waals surface area contributed by atoms with Crippen LogP contribution in [0.25, 0.3) is 5.65 Å². The lowest BCUT2D eigenvalue weighted by Crippen LogP contribution is -2.25. The van der Waals surface area contributed by atoms with E-state index in [4.69, 9.17) is 0 Å². The first-order valence-electron chi connectivity index (χ1n) is 8.44. The Morgan fingerprint density at radius 3 is 3.04 bits per heavy atom. The summed E-state index contributed by atoms with van der Waals surface area (Å²) >= 11 is 3.46. The van der Waals surface area contributed by atoms with Crippen LogP contribution in [0.5, 0.6) is 0 Å². The van der Waals surface area contributed by atoms with Crippen molar-refractivity contribution < 1.29 is 9.84 Å². The number of nitrogens with zero attached hydrogens (tertiary/aromatic N) is 4. The number of fused-ring (bicyclic) bond motifs is 1. The molecule has 0 spiro atoms. The summed E-state index contributed by atoms with van der Waals surface area (Å²) in [4.78, 5) is 4.57. The summed E-state index contributed by atoms with van der Waals surface area (Å²) in [6.07, 6.45) is 6.46. The summed E-state index contributed by atoms with van der Waals surface area (Å²) < 4.78 is 3.24. The number of rotatable bonds is 8. The van der Waals surface area contributed by atoms with E-state index in [1.165, 1.54) is 12.4 Å². The first-order chi connectivity index (χ1) is 12.6. The minimum Gasteiger partial charge on any atom is -0.619 e. The zero-order valence-corrected chi connectivity index (χ0v) is 16.0.